The maximum absolute atomic E-state index is 11.7. The fourth-order valence-corrected chi connectivity index (χ4v) is 1.72. The van der Waals surface area contributed by atoms with Gasteiger partial charge in [0, 0.05) is 17.6 Å². The highest BCUT2D eigenvalue weighted by Gasteiger charge is 2.14. The number of hydrogen-bond acceptors (Lipinski definition) is 3. The highest BCUT2D eigenvalue weighted by atomic mass is 35.5. The molecule has 0 saturated heterocycles. The predicted molar refractivity (Wildman–Crippen MR) is 74.5 cm³/mol. The Kier molecular flexibility index (Phi) is 5.28. The summed E-state index contributed by atoms with van der Waals surface area (Å²) >= 11 is 6.03. The summed E-state index contributed by atoms with van der Waals surface area (Å²) in [5, 5.41) is 6.52. The van der Waals surface area contributed by atoms with Crippen LogP contribution in [0.3, 0.4) is 0 Å². The summed E-state index contributed by atoms with van der Waals surface area (Å²) in [4.78, 5) is 11.7. The molecule has 0 fully saturated rings. The van der Waals surface area contributed by atoms with Crippen LogP contribution in [0.15, 0.2) is 12.1 Å². The van der Waals surface area contributed by atoms with Crippen LogP contribution in [-0.2, 0) is 4.79 Å². The van der Waals surface area contributed by atoms with Gasteiger partial charge in [0.15, 0.2) is 0 Å². The fraction of sp³-hybridized carbons (Fsp3) is 0.462. The van der Waals surface area contributed by atoms with Crippen LogP contribution in [0.5, 0.6) is 5.75 Å². The van der Waals surface area contributed by atoms with Gasteiger partial charge in [-0.15, -0.1) is 0 Å². The number of benzene rings is 1. The molecule has 0 radical (unpaired) electrons. The van der Waals surface area contributed by atoms with Gasteiger partial charge in [-0.1, -0.05) is 11.6 Å². The van der Waals surface area contributed by atoms with Gasteiger partial charge >= 0.3 is 0 Å². The van der Waals surface area contributed by atoms with Crippen molar-refractivity contribution in [1.82, 2.24) is 5.32 Å². The lowest BCUT2D eigenvalue weighted by Gasteiger charge is -2.18. The van der Waals surface area contributed by atoms with Crippen LogP contribution in [0.1, 0.15) is 19.4 Å². The van der Waals surface area contributed by atoms with Crippen molar-refractivity contribution in [2.75, 3.05) is 19.0 Å². The van der Waals surface area contributed by atoms with Gasteiger partial charge in [0.05, 0.1) is 12.8 Å². The number of hydrogen-bond donors (Lipinski definition) is 2. The van der Waals surface area contributed by atoms with E-state index in [-0.39, 0.29) is 11.9 Å². The smallest absolute Gasteiger partial charge is 0.242 e. The SMILES string of the molecule is CCNC(=O)[C@H](C)Nc1cc(C)c(Cl)cc1OC. The first-order valence-corrected chi connectivity index (χ1v) is 6.25. The third-order valence-electron chi connectivity index (χ3n) is 2.60. The van der Waals surface area contributed by atoms with Gasteiger partial charge in [-0.25, -0.2) is 0 Å². The summed E-state index contributed by atoms with van der Waals surface area (Å²) < 4.78 is 5.24. The van der Waals surface area contributed by atoms with E-state index in [0.29, 0.717) is 17.3 Å². The first-order valence-electron chi connectivity index (χ1n) is 5.88. The lowest BCUT2D eigenvalue weighted by atomic mass is 10.2. The Morgan fingerprint density at radius 2 is 2.17 bits per heavy atom. The van der Waals surface area contributed by atoms with Crippen LogP contribution < -0.4 is 15.4 Å². The molecule has 0 aromatic heterocycles. The van der Waals surface area contributed by atoms with E-state index in [9.17, 15) is 4.79 Å². The van der Waals surface area contributed by atoms with Crippen molar-refractivity contribution < 1.29 is 9.53 Å². The molecule has 1 aromatic carbocycles. The lowest BCUT2D eigenvalue weighted by molar-refractivity contribution is -0.121. The van der Waals surface area contributed by atoms with Gasteiger partial charge in [0.25, 0.3) is 0 Å². The summed E-state index contributed by atoms with van der Waals surface area (Å²) in [5.74, 6) is 0.578. The molecule has 1 aromatic rings. The highest BCUT2D eigenvalue weighted by molar-refractivity contribution is 6.31. The van der Waals surface area contributed by atoms with Gasteiger partial charge in [-0.05, 0) is 32.4 Å². The molecule has 0 heterocycles. The van der Waals surface area contributed by atoms with Gasteiger partial charge in [-0.3, -0.25) is 4.79 Å². The van der Waals surface area contributed by atoms with E-state index in [1.807, 2.05) is 19.9 Å². The molecule has 0 spiro atoms. The molecular formula is C13H19ClN2O2. The number of ether oxygens (including phenoxy) is 1. The number of aryl methyl sites for hydroxylation is 1. The van der Waals surface area contributed by atoms with Crippen molar-refractivity contribution in [3.8, 4) is 5.75 Å². The Labute approximate surface area is 113 Å². The van der Waals surface area contributed by atoms with E-state index in [0.717, 1.165) is 11.3 Å². The molecule has 4 nitrogen and oxygen atoms in total. The summed E-state index contributed by atoms with van der Waals surface area (Å²) in [6.45, 7) is 6.21. The molecular weight excluding hydrogens is 252 g/mol. The van der Waals surface area contributed by atoms with E-state index in [2.05, 4.69) is 10.6 Å². The van der Waals surface area contributed by atoms with E-state index in [4.69, 9.17) is 16.3 Å². The van der Waals surface area contributed by atoms with E-state index < -0.39 is 0 Å². The molecule has 0 aliphatic rings. The normalized spacial score (nSPS) is 11.8. The Morgan fingerprint density at radius 3 is 2.72 bits per heavy atom. The molecule has 18 heavy (non-hydrogen) atoms. The Morgan fingerprint density at radius 1 is 1.50 bits per heavy atom. The second-order valence-electron chi connectivity index (χ2n) is 4.06. The van der Waals surface area contributed by atoms with Crippen LogP contribution in [0.4, 0.5) is 5.69 Å². The van der Waals surface area contributed by atoms with Gasteiger partial charge < -0.3 is 15.4 Å². The summed E-state index contributed by atoms with van der Waals surface area (Å²) in [6, 6.07) is 3.28. The zero-order chi connectivity index (χ0) is 13.7. The molecule has 0 saturated carbocycles. The Bertz CT molecular complexity index is 435. The minimum atomic E-state index is -0.334. The summed E-state index contributed by atoms with van der Waals surface area (Å²) in [6.07, 6.45) is 0. The molecule has 5 heteroatoms. The molecule has 1 atom stereocenters. The molecule has 0 bridgehead atoms. The number of methoxy groups -OCH3 is 1. The number of nitrogens with one attached hydrogen (secondary N) is 2. The topological polar surface area (TPSA) is 50.4 Å². The van der Waals surface area contributed by atoms with E-state index >= 15 is 0 Å². The Balaban J connectivity index is 2.89. The van der Waals surface area contributed by atoms with Crippen molar-refractivity contribution in [2.45, 2.75) is 26.8 Å². The number of amides is 1. The van der Waals surface area contributed by atoms with E-state index in [1.165, 1.54) is 0 Å². The average Bonchev–Trinajstić information content (AvgIpc) is 2.33. The molecule has 2 N–H and O–H groups in total. The third-order valence-corrected chi connectivity index (χ3v) is 3.00. The second-order valence-corrected chi connectivity index (χ2v) is 4.47. The van der Waals surface area contributed by atoms with Gasteiger partial charge in [-0.2, -0.15) is 0 Å². The van der Waals surface area contributed by atoms with Crippen molar-refractivity contribution >= 4 is 23.2 Å². The molecule has 0 unspecified atom stereocenters. The molecule has 0 aliphatic heterocycles. The number of likely N-dealkylation sites (N-methyl/N-ethyl adjacent to an activating group) is 1. The standard InChI is InChI=1S/C13H19ClN2O2/c1-5-15-13(17)9(3)16-11-6-8(2)10(14)7-12(11)18-4/h6-7,9,16H,5H2,1-4H3,(H,15,17)/t9-/m0/s1. The minimum absolute atomic E-state index is 0.0489. The first-order chi connectivity index (χ1) is 8.49. The zero-order valence-corrected chi connectivity index (χ0v) is 11.9. The molecule has 0 aliphatic carbocycles. The Hall–Kier alpha value is -1.42. The largest absolute Gasteiger partial charge is 0.495 e. The third kappa shape index (κ3) is 3.53. The number of rotatable bonds is 5. The maximum Gasteiger partial charge on any atom is 0.242 e. The number of anilines is 1. The van der Waals surface area contributed by atoms with Crippen molar-refractivity contribution in [3.05, 3.63) is 22.7 Å². The average molecular weight is 271 g/mol. The second kappa shape index (κ2) is 6.50. The van der Waals surface area contributed by atoms with Crippen LogP contribution in [0.2, 0.25) is 5.02 Å². The van der Waals surface area contributed by atoms with Crippen LogP contribution in [-0.4, -0.2) is 25.6 Å². The summed E-state index contributed by atoms with van der Waals surface area (Å²) in [5.41, 5.74) is 1.70. The quantitative estimate of drug-likeness (QED) is 0.865. The zero-order valence-electron chi connectivity index (χ0n) is 11.1. The van der Waals surface area contributed by atoms with Crippen molar-refractivity contribution in [1.29, 1.82) is 0 Å². The van der Waals surface area contributed by atoms with Crippen molar-refractivity contribution in [2.24, 2.45) is 0 Å². The number of halogens is 1. The van der Waals surface area contributed by atoms with Crippen LogP contribution >= 0.6 is 11.6 Å². The lowest BCUT2D eigenvalue weighted by Crippen LogP contribution is -2.37. The minimum Gasteiger partial charge on any atom is -0.495 e. The van der Waals surface area contributed by atoms with Crippen LogP contribution in [0.25, 0.3) is 0 Å². The number of carbonyl (C=O) groups excluding carboxylic acids is 1. The van der Waals surface area contributed by atoms with E-state index in [1.54, 1.807) is 20.1 Å². The fourth-order valence-electron chi connectivity index (χ4n) is 1.57. The monoisotopic (exact) mass is 270 g/mol. The molecule has 1 amide bonds. The highest BCUT2D eigenvalue weighted by Crippen LogP contribution is 2.31. The molecule has 100 valence electrons. The predicted octanol–water partition coefficient (Wildman–Crippen LogP) is 2.59. The maximum atomic E-state index is 11.7. The summed E-state index contributed by atoms with van der Waals surface area (Å²) in [7, 11) is 1.57. The molecule has 1 rings (SSSR count). The van der Waals surface area contributed by atoms with Gasteiger partial charge in [0.1, 0.15) is 11.8 Å². The first kappa shape index (κ1) is 14.6. The van der Waals surface area contributed by atoms with Crippen molar-refractivity contribution in [3.63, 3.8) is 0 Å². The van der Waals surface area contributed by atoms with Crippen LogP contribution in [0, 0.1) is 6.92 Å². The number of carbonyl (C=O) groups is 1. The van der Waals surface area contributed by atoms with Gasteiger partial charge in [0.2, 0.25) is 5.91 Å².